The molecule has 1 atom stereocenters. The molecule has 0 saturated heterocycles. The average Bonchev–Trinajstić information content (AvgIpc) is 2.31. The summed E-state index contributed by atoms with van der Waals surface area (Å²) in [6.07, 6.45) is 3.44. The van der Waals surface area contributed by atoms with E-state index in [2.05, 4.69) is 49.7 Å². The van der Waals surface area contributed by atoms with E-state index in [4.69, 9.17) is 0 Å². The SMILES string of the molecule is CCNCC(CCSC)c1ccc(C)cc1. The fraction of sp³-hybridized carbons (Fsp3) is 0.571. The first-order chi connectivity index (χ1) is 7.77. The molecule has 0 saturated carbocycles. The molecule has 16 heavy (non-hydrogen) atoms. The maximum atomic E-state index is 3.46. The highest BCUT2D eigenvalue weighted by Gasteiger charge is 2.10. The van der Waals surface area contributed by atoms with Crippen LogP contribution in [0.15, 0.2) is 24.3 Å². The number of hydrogen-bond donors (Lipinski definition) is 1. The molecule has 0 radical (unpaired) electrons. The molecule has 1 rings (SSSR count). The molecule has 1 nitrogen and oxygen atoms in total. The zero-order valence-corrected chi connectivity index (χ0v) is 11.4. The summed E-state index contributed by atoms with van der Waals surface area (Å²) < 4.78 is 0. The van der Waals surface area contributed by atoms with E-state index in [1.807, 2.05) is 11.8 Å². The first kappa shape index (κ1) is 13.6. The maximum Gasteiger partial charge on any atom is 0.00203 e. The Bertz CT molecular complexity index is 273. The molecule has 0 bridgehead atoms. The molecule has 90 valence electrons. The lowest BCUT2D eigenvalue weighted by Crippen LogP contribution is -2.21. The van der Waals surface area contributed by atoms with Crippen LogP contribution >= 0.6 is 11.8 Å². The van der Waals surface area contributed by atoms with Crippen LogP contribution in [0, 0.1) is 6.92 Å². The van der Waals surface area contributed by atoms with Gasteiger partial charge in [-0.15, -0.1) is 0 Å². The largest absolute Gasteiger partial charge is 0.316 e. The lowest BCUT2D eigenvalue weighted by molar-refractivity contribution is 0.587. The van der Waals surface area contributed by atoms with Gasteiger partial charge in [0.05, 0.1) is 0 Å². The molecule has 0 aliphatic rings. The summed E-state index contributed by atoms with van der Waals surface area (Å²) in [5.41, 5.74) is 2.82. The smallest absolute Gasteiger partial charge is 0.00203 e. The molecule has 0 spiro atoms. The highest BCUT2D eigenvalue weighted by atomic mass is 32.2. The van der Waals surface area contributed by atoms with Crippen LogP contribution in [0.1, 0.15) is 30.4 Å². The third-order valence-corrected chi connectivity index (χ3v) is 3.50. The molecule has 1 unspecified atom stereocenters. The molecule has 0 aliphatic heterocycles. The Hall–Kier alpha value is -0.470. The summed E-state index contributed by atoms with van der Waals surface area (Å²) in [5.74, 6) is 1.90. The lowest BCUT2D eigenvalue weighted by atomic mass is 9.95. The third kappa shape index (κ3) is 4.58. The second-order valence-electron chi connectivity index (χ2n) is 4.20. The average molecular weight is 237 g/mol. The Kier molecular flexibility index (Phi) is 6.58. The quantitative estimate of drug-likeness (QED) is 0.779. The van der Waals surface area contributed by atoms with Crippen molar-refractivity contribution in [3.05, 3.63) is 35.4 Å². The molecule has 0 amide bonds. The van der Waals surface area contributed by atoms with Gasteiger partial charge in [-0.25, -0.2) is 0 Å². The van der Waals surface area contributed by atoms with E-state index in [1.54, 1.807) is 0 Å². The molecule has 0 aliphatic carbocycles. The number of thioether (sulfide) groups is 1. The summed E-state index contributed by atoms with van der Waals surface area (Å²) in [7, 11) is 0. The van der Waals surface area contributed by atoms with Crippen molar-refractivity contribution < 1.29 is 0 Å². The van der Waals surface area contributed by atoms with E-state index in [9.17, 15) is 0 Å². The van der Waals surface area contributed by atoms with Gasteiger partial charge in [0, 0.05) is 6.54 Å². The predicted octanol–water partition coefficient (Wildman–Crippen LogP) is 3.44. The minimum Gasteiger partial charge on any atom is -0.316 e. The Labute approximate surface area is 104 Å². The summed E-state index contributed by atoms with van der Waals surface area (Å²) in [6, 6.07) is 8.98. The minimum atomic E-state index is 0.660. The number of likely N-dealkylation sites (N-methyl/N-ethyl adjacent to an activating group) is 1. The molecule has 1 aromatic rings. The Morgan fingerprint density at radius 1 is 1.25 bits per heavy atom. The Morgan fingerprint density at radius 2 is 1.94 bits per heavy atom. The van der Waals surface area contributed by atoms with Crippen molar-refractivity contribution in [2.75, 3.05) is 25.1 Å². The van der Waals surface area contributed by atoms with Gasteiger partial charge in [0.15, 0.2) is 0 Å². The van der Waals surface area contributed by atoms with Gasteiger partial charge in [0.1, 0.15) is 0 Å². The zero-order chi connectivity index (χ0) is 11.8. The zero-order valence-electron chi connectivity index (χ0n) is 10.6. The fourth-order valence-corrected chi connectivity index (χ4v) is 2.32. The van der Waals surface area contributed by atoms with Crippen LogP contribution in [-0.2, 0) is 0 Å². The summed E-state index contributed by atoms with van der Waals surface area (Å²) in [4.78, 5) is 0. The van der Waals surface area contributed by atoms with Crippen LogP contribution in [0.2, 0.25) is 0 Å². The van der Waals surface area contributed by atoms with Gasteiger partial charge in [-0.05, 0) is 43.4 Å². The monoisotopic (exact) mass is 237 g/mol. The van der Waals surface area contributed by atoms with Gasteiger partial charge in [0.25, 0.3) is 0 Å². The standard InChI is InChI=1S/C14H23NS/c1-4-15-11-14(9-10-16-3)13-7-5-12(2)6-8-13/h5-8,14-15H,4,9-11H2,1-3H3. The second kappa shape index (κ2) is 7.75. The van der Waals surface area contributed by atoms with E-state index in [1.165, 1.54) is 23.3 Å². The van der Waals surface area contributed by atoms with Crippen molar-refractivity contribution in [3.63, 3.8) is 0 Å². The van der Waals surface area contributed by atoms with Gasteiger partial charge >= 0.3 is 0 Å². The molecule has 1 aromatic carbocycles. The topological polar surface area (TPSA) is 12.0 Å². The van der Waals surface area contributed by atoms with Crippen molar-refractivity contribution in [2.45, 2.75) is 26.2 Å². The molecule has 1 N–H and O–H groups in total. The maximum absolute atomic E-state index is 3.46. The third-order valence-electron chi connectivity index (χ3n) is 2.86. The number of nitrogens with one attached hydrogen (secondary N) is 1. The molecule has 0 heterocycles. The number of aryl methyl sites for hydroxylation is 1. The first-order valence-corrected chi connectivity index (χ1v) is 7.43. The second-order valence-corrected chi connectivity index (χ2v) is 5.18. The van der Waals surface area contributed by atoms with E-state index in [-0.39, 0.29) is 0 Å². The van der Waals surface area contributed by atoms with Crippen molar-refractivity contribution in [3.8, 4) is 0 Å². The highest BCUT2D eigenvalue weighted by Crippen LogP contribution is 2.21. The van der Waals surface area contributed by atoms with Gasteiger partial charge in [0.2, 0.25) is 0 Å². The Morgan fingerprint density at radius 3 is 2.50 bits per heavy atom. The van der Waals surface area contributed by atoms with Crippen LogP contribution in [0.3, 0.4) is 0 Å². The van der Waals surface area contributed by atoms with E-state index in [0.29, 0.717) is 5.92 Å². The molecular formula is C14H23NS. The molecular weight excluding hydrogens is 214 g/mol. The van der Waals surface area contributed by atoms with Crippen molar-refractivity contribution >= 4 is 11.8 Å². The highest BCUT2D eigenvalue weighted by molar-refractivity contribution is 7.98. The van der Waals surface area contributed by atoms with Crippen LogP contribution in [0.5, 0.6) is 0 Å². The van der Waals surface area contributed by atoms with Gasteiger partial charge in [-0.2, -0.15) is 11.8 Å². The molecule has 0 aromatic heterocycles. The number of benzene rings is 1. The van der Waals surface area contributed by atoms with Crippen LogP contribution in [0.4, 0.5) is 0 Å². The van der Waals surface area contributed by atoms with Crippen LogP contribution in [0.25, 0.3) is 0 Å². The first-order valence-electron chi connectivity index (χ1n) is 6.04. The van der Waals surface area contributed by atoms with Crippen LogP contribution < -0.4 is 5.32 Å². The Balaban J connectivity index is 2.62. The van der Waals surface area contributed by atoms with Crippen molar-refractivity contribution in [1.82, 2.24) is 5.32 Å². The minimum absolute atomic E-state index is 0.660. The van der Waals surface area contributed by atoms with Crippen LogP contribution in [-0.4, -0.2) is 25.1 Å². The van der Waals surface area contributed by atoms with E-state index < -0.39 is 0 Å². The van der Waals surface area contributed by atoms with Crippen molar-refractivity contribution in [2.24, 2.45) is 0 Å². The normalized spacial score (nSPS) is 12.7. The van der Waals surface area contributed by atoms with Gasteiger partial charge < -0.3 is 5.32 Å². The lowest BCUT2D eigenvalue weighted by Gasteiger charge is -2.17. The van der Waals surface area contributed by atoms with Crippen molar-refractivity contribution in [1.29, 1.82) is 0 Å². The van der Waals surface area contributed by atoms with Gasteiger partial charge in [-0.1, -0.05) is 36.8 Å². The number of hydrogen-bond acceptors (Lipinski definition) is 2. The van der Waals surface area contributed by atoms with Gasteiger partial charge in [-0.3, -0.25) is 0 Å². The predicted molar refractivity (Wildman–Crippen MR) is 75.5 cm³/mol. The summed E-state index contributed by atoms with van der Waals surface area (Å²) >= 11 is 1.93. The molecule has 2 heteroatoms. The fourth-order valence-electron chi connectivity index (χ4n) is 1.80. The van der Waals surface area contributed by atoms with E-state index in [0.717, 1.165) is 13.1 Å². The summed E-state index contributed by atoms with van der Waals surface area (Å²) in [5, 5.41) is 3.46. The number of rotatable bonds is 7. The van der Waals surface area contributed by atoms with E-state index >= 15 is 0 Å². The summed E-state index contributed by atoms with van der Waals surface area (Å²) in [6.45, 7) is 6.47. The molecule has 0 fully saturated rings.